The summed E-state index contributed by atoms with van der Waals surface area (Å²) in [5.74, 6) is 2.02. The first-order valence-corrected chi connectivity index (χ1v) is 7.25. The van der Waals surface area contributed by atoms with Crippen molar-refractivity contribution in [2.24, 2.45) is 0 Å². The van der Waals surface area contributed by atoms with Gasteiger partial charge in [-0.05, 0) is 0 Å². The largest absolute Gasteiger partial charge is 0.363 e. The van der Waals surface area contributed by atoms with Crippen LogP contribution in [0.2, 0.25) is 0 Å². The van der Waals surface area contributed by atoms with Gasteiger partial charge in [-0.2, -0.15) is 0 Å². The summed E-state index contributed by atoms with van der Waals surface area (Å²) in [4.78, 5) is 12.2. The van der Waals surface area contributed by atoms with E-state index in [1.165, 1.54) is 6.33 Å². The number of hydrogen-bond donors (Lipinski definition) is 0. The molecule has 0 spiro atoms. The number of nitrogens with zero attached hydrogens (tertiary/aromatic N) is 4. The number of aromatic nitrogens is 2. The molecule has 7 heteroatoms. The molecule has 0 bridgehead atoms. The Morgan fingerprint density at radius 1 is 1.24 bits per heavy atom. The third kappa shape index (κ3) is 2.85. The molecule has 0 amide bonds. The molecule has 6 nitrogen and oxygen atoms in total. The van der Waals surface area contributed by atoms with Crippen LogP contribution in [0.15, 0.2) is 12.4 Å². The molecule has 0 aliphatic carbocycles. The predicted octanol–water partition coefficient (Wildman–Crippen LogP) is -0.223. The van der Waals surface area contributed by atoms with E-state index in [1.54, 1.807) is 0 Å². The Morgan fingerprint density at radius 2 is 1.88 bits per heavy atom. The Kier molecular flexibility index (Phi) is 3.19. The minimum absolute atomic E-state index is 0.203. The fourth-order valence-corrected chi connectivity index (χ4v) is 2.90. The van der Waals surface area contributed by atoms with Gasteiger partial charge >= 0.3 is 0 Å². The van der Waals surface area contributed by atoms with Gasteiger partial charge < -0.3 is 9.80 Å². The standard InChI is InChI=1S/C10H16N4O2S/c1-13(2)9-7-10(12-8-11-9)14-3-5-17(15,16)6-4-14/h7-8H,3-6H2,1-2H3. The topological polar surface area (TPSA) is 66.4 Å². The molecular weight excluding hydrogens is 240 g/mol. The molecule has 2 heterocycles. The van der Waals surface area contributed by atoms with Crippen LogP contribution in [-0.2, 0) is 9.84 Å². The van der Waals surface area contributed by atoms with Crippen molar-refractivity contribution in [2.75, 3.05) is 48.5 Å². The zero-order chi connectivity index (χ0) is 12.5. The van der Waals surface area contributed by atoms with Crippen LogP contribution in [0, 0.1) is 0 Å². The molecule has 0 unspecified atom stereocenters. The Bertz CT molecular complexity index is 487. The zero-order valence-corrected chi connectivity index (χ0v) is 10.8. The first kappa shape index (κ1) is 12.1. The van der Waals surface area contributed by atoms with Crippen molar-refractivity contribution < 1.29 is 8.42 Å². The van der Waals surface area contributed by atoms with Crippen molar-refractivity contribution in [1.29, 1.82) is 0 Å². The normalized spacial score (nSPS) is 19.1. The van der Waals surface area contributed by atoms with Gasteiger partial charge in [0.15, 0.2) is 9.84 Å². The minimum Gasteiger partial charge on any atom is -0.363 e. The second kappa shape index (κ2) is 4.48. The van der Waals surface area contributed by atoms with E-state index in [-0.39, 0.29) is 11.5 Å². The second-order valence-corrected chi connectivity index (χ2v) is 6.57. The quantitative estimate of drug-likeness (QED) is 0.728. The third-order valence-corrected chi connectivity index (χ3v) is 4.37. The van der Waals surface area contributed by atoms with Crippen LogP contribution >= 0.6 is 0 Å². The van der Waals surface area contributed by atoms with E-state index in [9.17, 15) is 8.42 Å². The molecule has 0 saturated carbocycles. The molecule has 17 heavy (non-hydrogen) atoms. The summed E-state index contributed by atoms with van der Waals surface area (Å²) >= 11 is 0. The van der Waals surface area contributed by atoms with Crippen molar-refractivity contribution in [3.05, 3.63) is 12.4 Å². The van der Waals surface area contributed by atoms with E-state index in [2.05, 4.69) is 9.97 Å². The molecule has 1 aliphatic heterocycles. The highest BCUT2D eigenvalue weighted by Crippen LogP contribution is 2.17. The van der Waals surface area contributed by atoms with Gasteiger partial charge in [-0.1, -0.05) is 0 Å². The molecule has 0 N–H and O–H groups in total. The van der Waals surface area contributed by atoms with Crippen LogP contribution < -0.4 is 9.80 Å². The van der Waals surface area contributed by atoms with E-state index >= 15 is 0 Å². The van der Waals surface area contributed by atoms with Crippen LogP contribution in [0.5, 0.6) is 0 Å². The molecule has 1 fully saturated rings. The zero-order valence-electron chi connectivity index (χ0n) is 10.00. The molecule has 1 aromatic rings. The van der Waals surface area contributed by atoms with E-state index < -0.39 is 9.84 Å². The van der Waals surface area contributed by atoms with Crippen molar-refractivity contribution >= 4 is 21.5 Å². The minimum atomic E-state index is -2.85. The molecule has 1 aromatic heterocycles. The molecule has 1 aliphatic rings. The lowest BCUT2D eigenvalue weighted by Gasteiger charge is -2.28. The summed E-state index contributed by atoms with van der Waals surface area (Å²) in [6.45, 7) is 1.01. The second-order valence-electron chi connectivity index (χ2n) is 4.27. The number of rotatable bonds is 2. The maximum Gasteiger partial charge on any atom is 0.153 e. The first-order valence-electron chi connectivity index (χ1n) is 5.43. The monoisotopic (exact) mass is 256 g/mol. The Labute approximate surface area is 101 Å². The lowest BCUT2D eigenvalue weighted by Crippen LogP contribution is -2.40. The van der Waals surface area contributed by atoms with Gasteiger partial charge in [0.05, 0.1) is 11.5 Å². The first-order chi connectivity index (χ1) is 7.98. The Balaban J connectivity index is 2.16. The summed E-state index contributed by atoms with van der Waals surface area (Å²) in [5, 5.41) is 0. The maximum absolute atomic E-state index is 11.3. The van der Waals surface area contributed by atoms with E-state index in [0.717, 1.165) is 11.6 Å². The van der Waals surface area contributed by atoms with Crippen molar-refractivity contribution in [1.82, 2.24) is 9.97 Å². The van der Waals surface area contributed by atoms with Crippen molar-refractivity contribution in [3.8, 4) is 0 Å². The van der Waals surface area contributed by atoms with Gasteiger partial charge in [0.1, 0.15) is 18.0 Å². The highest BCUT2D eigenvalue weighted by atomic mass is 32.2. The highest BCUT2D eigenvalue weighted by molar-refractivity contribution is 7.91. The molecule has 0 atom stereocenters. The lowest BCUT2D eigenvalue weighted by atomic mass is 10.4. The van der Waals surface area contributed by atoms with Crippen LogP contribution in [0.25, 0.3) is 0 Å². The average Bonchev–Trinajstić information content (AvgIpc) is 2.29. The lowest BCUT2D eigenvalue weighted by molar-refractivity contribution is 0.586. The van der Waals surface area contributed by atoms with Gasteiger partial charge in [-0.25, -0.2) is 18.4 Å². The summed E-state index contributed by atoms with van der Waals surface area (Å²) in [7, 11) is 0.973. The van der Waals surface area contributed by atoms with Crippen LogP contribution in [0.1, 0.15) is 0 Å². The summed E-state index contributed by atoms with van der Waals surface area (Å²) in [6, 6.07) is 1.87. The number of hydrogen-bond acceptors (Lipinski definition) is 6. The van der Waals surface area contributed by atoms with Crippen LogP contribution in [0.3, 0.4) is 0 Å². The summed E-state index contributed by atoms with van der Waals surface area (Å²) < 4.78 is 22.7. The number of sulfone groups is 1. The van der Waals surface area contributed by atoms with Crippen molar-refractivity contribution in [3.63, 3.8) is 0 Å². The summed E-state index contributed by atoms with van der Waals surface area (Å²) in [6.07, 6.45) is 1.51. The van der Waals surface area contributed by atoms with E-state index in [1.807, 2.05) is 30.0 Å². The fourth-order valence-electron chi connectivity index (χ4n) is 1.70. The molecule has 1 saturated heterocycles. The van der Waals surface area contributed by atoms with Gasteiger partial charge in [-0.15, -0.1) is 0 Å². The Morgan fingerprint density at radius 3 is 2.47 bits per heavy atom. The fraction of sp³-hybridized carbons (Fsp3) is 0.600. The van der Waals surface area contributed by atoms with Gasteiger partial charge in [0.2, 0.25) is 0 Å². The molecule has 94 valence electrons. The predicted molar refractivity (Wildman–Crippen MR) is 67.2 cm³/mol. The molecule has 2 rings (SSSR count). The van der Waals surface area contributed by atoms with Crippen LogP contribution in [-0.4, -0.2) is 57.1 Å². The SMILES string of the molecule is CN(C)c1cc(N2CCS(=O)(=O)CC2)ncn1. The van der Waals surface area contributed by atoms with Gasteiger partial charge in [-0.3, -0.25) is 0 Å². The van der Waals surface area contributed by atoms with Crippen molar-refractivity contribution in [2.45, 2.75) is 0 Å². The number of anilines is 2. The molecule has 0 radical (unpaired) electrons. The van der Waals surface area contributed by atoms with Crippen LogP contribution in [0.4, 0.5) is 11.6 Å². The maximum atomic E-state index is 11.3. The van der Waals surface area contributed by atoms with Gasteiger partial charge in [0.25, 0.3) is 0 Å². The molecule has 0 aromatic carbocycles. The molecular formula is C10H16N4O2S. The van der Waals surface area contributed by atoms with E-state index in [0.29, 0.717) is 13.1 Å². The summed E-state index contributed by atoms with van der Waals surface area (Å²) in [5.41, 5.74) is 0. The average molecular weight is 256 g/mol. The van der Waals surface area contributed by atoms with E-state index in [4.69, 9.17) is 0 Å². The Hall–Kier alpha value is -1.37. The highest BCUT2D eigenvalue weighted by Gasteiger charge is 2.22. The van der Waals surface area contributed by atoms with Gasteiger partial charge in [0, 0.05) is 33.3 Å². The smallest absolute Gasteiger partial charge is 0.153 e. The third-order valence-electron chi connectivity index (χ3n) is 2.76.